The number of amides is 3. The molecule has 210 valence electrons. The molecule has 0 spiro atoms. The summed E-state index contributed by atoms with van der Waals surface area (Å²) in [6.07, 6.45) is 5.15. The lowest BCUT2D eigenvalue weighted by molar-refractivity contribution is -0.141. The van der Waals surface area contributed by atoms with Gasteiger partial charge in [-0.3, -0.25) is 14.6 Å². The first kappa shape index (κ1) is 30.1. The van der Waals surface area contributed by atoms with Crippen molar-refractivity contribution in [1.82, 2.24) is 30.1 Å². The van der Waals surface area contributed by atoms with Crippen LogP contribution in [0.1, 0.15) is 35.8 Å². The van der Waals surface area contributed by atoms with Gasteiger partial charge in [0.2, 0.25) is 12.1 Å². The maximum atomic E-state index is 12.8. The average molecular weight is 580 g/mol. The van der Waals surface area contributed by atoms with E-state index in [2.05, 4.69) is 25.2 Å². The molecule has 0 aliphatic carbocycles. The van der Waals surface area contributed by atoms with Gasteiger partial charge in [-0.15, -0.1) is 0 Å². The molecular formula is C24H30ClN7O6S. The lowest BCUT2D eigenvalue weighted by Gasteiger charge is -2.33. The van der Waals surface area contributed by atoms with Gasteiger partial charge in [0.15, 0.2) is 5.69 Å². The van der Waals surface area contributed by atoms with Crippen LogP contribution in [0.15, 0.2) is 30.7 Å². The molecule has 2 atom stereocenters. The minimum absolute atomic E-state index is 0.144. The second-order valence-corrected chi connectivity index (χ2v) is 10.1. The average Bonchev–Trinajstić information content (AvgIpc) is 3.18. The third-order valence-electron chi connectivity index (χ3n) is 5.84. The quantitative estimate of drug-likeness (QED) is 0.493. The second-order valence-electron chi connectivity index (χ2n) is 8.70. The molecule has 39 heavy (non-hydrogen) atoms. The predicted octanol–water partition coefficient (Wildman–Crippen LogP) is 1.90. The highest BCUT2D eigenvalue weighted by molar-refractivity contribution is 7.98. The Hall–Kier alpha value is -3.49. The van der Waals surface area contributed by atoms with Crippen molar-refractivity contribution in [2.45, 2.75) is 25.6 Å². The van der Waals surface area contributed by atoms with Crippen LogP contribution in [0, 0.1) is 0 Å². The van der Waals surface area contributed by atoms with E-state index in [4.69, 9.17) is 21.4 Å². The van der Waals surface area contributed by atoms with Crippen LogP contribution in [0.2, 0.25) is 5.02 Å². The number of carbonyl (C=O) groups excluding carboxylic acids is 3. The number of thioether (sulfide) groups is 1. The standard InChI is InChI=1S/C17H17ClN6O3.C7H13NO3S/c1-22-6-8-23(9-7-22)17(26)27-16-14-13(19-4-5-20-14)15(25)24(16)12-3-2-11(18)10-21-12;1-5(9)8-6(7(10)11)3-4-12-2/h2-5,10,16H,6-9H2,1H3;6H,3-4H2,1-2H3,(H,8,9)(H,10,11)/t16-;6-/m01/s1. The number of piperazine rings is 1. The van der Waals surface area contributed by atoms with E-state index >= 15 is 0 Å². The Morgan fingerprint density at radius 3 is 2.46 bits per heavy atom. The van der Waals surface area contributed by atoms with Gasteiger partial charge in [0.05, 0.1) is 5.02 Å². The number of nitrogens with zero attached hydrogens (tertiary/aromatic N) is 6. The topological polar surface area (TPSA) is 158 Å². The summed E-state index contributed by atoms with van der Waals surface area (Å²) in [5.41, 5.74) is 0.437. The molecule has 3 amide bonds. The molecule has 4 rings (SSSR count). The third-order valence-corrected chi connectivity index (χ3v) is 6.70. The first-order chi connectivity index (χ1) is 18.6. The number of halogens is 1. The number of hydrogen-bond acceptors (Lipinski definition) is 10. The van der Waals surface area contributed by atoms with Gasteiger partial charge < -0.3 is 25.0 Å². The van der Waals surface area contributed by atoms with Crippen LogP contribution in [0.4, 0.5) is 10.6 Å². The zero-order valence-corrected chi connectivity index (χ0v) is 23.3. The Kier molecular flexibility index (Phi) is 10.8. The normalized spacial score (nSPS) is 17.5. The van der Waals surface area contributed by atoms with Crippen molar-refractivity contribution in [3.8, 4) is 0 Å². The van der Waals surface area contributed by atoms with Crippen molar-refractivity contribution < 1.29 is 29.0 Å². The van der Waals surface area contributed by atoms with E-state index < -0.39 is 30.2 Å². The molecule has 1 fully saturated rings. The lowest BCUT2D eigenvalue weighted by atomic mass is 10.2. The molecule has 0 bridgehead atoms. The fourth-order valence-corrected chi connectivity index (χ4v) is 4.36. The number of carboxylic acid groups (broad SMARTS) is 1. The molecule has 0 saturated carbocycles. The number of nitrogens with one attached hydrogen (secondary N) is 1. The maximum Gasteiger partial charge on any atom is 0.412 e. The smallest absolute Gasteiger partial charge is 0.412 e. The Morgan fingerprint density at radius 2 is 1.87 bits per heavy atom. The zero-order valence-electron chi connectivity index (χ0n) is 21.7. The van der Waals surface area contributed by atoms with Crippen LogP contribution in [0.3, 0.4) is 0 Å². The van der Waals surface area contributed by atoms with Gasteiger partial charge in [-0.25, -0.2) is 24.5 Å². The number of aromatic nitrogens is 3. The molecule has 15 heteroatoms. The minimum Gasteiger partial charge on any atom is -0.480 e. The van der Waals surface area contributed by atoms with Gasteiger partial charge in [-0.1, -0.05) is 11.6 Å². The highest BCUT2D eigenvalue weighted by atomic mass is 35.5. The summed E-state index contributed by atoms with van der Waals surface area (Å²) in [6, 6.07) is 2.46. The van der Waals surface area contributed by atoms with E-state index in [0.29, 0.717) is 36.0 Å². The van der Waals surface area contributed by atoms with Gasteiger partial charge in [0.25, 0.3) is 5.91 Å². The SMILES string of the molecule is CN1CCN(C(=O)O[C@H]2c3nccnc3C(=O)N2c2ccc(Cl)cn2)CC1.CSCC[C@@H](NC(C)=O)C(=O)O. The fourth-order valence-electron chi connectivity index (χ4n) is 3.78. The number of fused-ring (bicyclic) bond motifs is 1. The molecule has 4 heterocycles. The van der Waals surface area contributed by atoms with Crippen LogP contribution < -0.4 is 10.2 Å². The van der Waals surface area contributed by atoms with Gasteiger partial charge in [0.1, 0.15) is 17.6 Å². The van der Waals surface area contributed by atoms with Crippen molar-refractivity contribution in [3.63, 3.8) is 0 Å². The van der Waals surface area contributed by atoms with E-state index in [1.807, 2.05) is 13.3 Å². The maximum absolute atomic E-state index is 12.8. The second kappa shape index (κ2) is 14.1. The van der Waals surface area contributed by atoms with Crippen LogP contribution in [0.25, 0.3) is 0 Å². The summed E-state index contributed by atoms with van der Waals surface area (Å²) < 4.78 is 5.68. The molecule has 0 unspecified atom stereocenters. The van der Waals surface area contributed by atoms with E-state index in [0.717, 1.165) is 18.8 Å². The Labute approximate surface area is 234 Å². The van der Waals surface area contributed by atoms with Crippen molar-refractivity contribution in [2.24, 2.45) is 0 Å². The predicted molar refractivity (Wildman–Crippen MR) is 145 cm³/mol. The van der Waals surface area contributed by atoms with Crippen LogP contribution >= 0.6 is 23.4 Å². The molecule has 2 aliphatic rings. The third kappa shape index (κ3) is 8.00. The van der Waals surface area contributed by atoms with E-state index in [9.17, 15) is 19.2 Å². The summed E-state index contributed by atoms with van der Waals surface area (Å²) in [7, 11) is 2.00. The van der Waals surface area contributed by atoms with Crippen LogP contribution in [-0.4, -0.2) is 105 Å². The lowest BCUT2D eigenvalue weighted by Crippen LogP contribution is -2.48. The van der Waals surface area contributed by atoms with E-state index in [1.165, 1.54) is 30.4 Å². The van der Waals surface area contributed by atoms with Gasteiger partial charge in [-0.05, 0) is 37.6 Å². The Balaban J connectivity index is 0.000000298. The number of aliphatic carboxylic acids is 1. The zero-order chi connectivity index (χ0) is 28.5. The van der Waals surface area contributed by atoms with Crippen LogP contribution in [-0.2, 0) is 14.3 Å². The molecular weight excluding hydrogens is 550 g/mol. The number of pyridine rings is 1. The molecule has 2 aliphatic heterocycles. The minimum atomic E-state index is -1.03. The largest absolute Gasteiger partial charge is 0.480 e. The number of likely N-dealkylation sites (N-methyl/N-ethyl adjacent to an activating group) is 1. The molecule has 2 aromatic heterocycles. The number of anilines is 1. The first-order valence-corrected chi connectivity index (χ1v) is 13.8. The van der Waals surface area contributed by atoms with Gasteiger partial charge >= 0.3 is 12.1 Å². The van der Waals surface area contributed by atoms with Crippen LogP contribution in [0.5, 0.6) is 0 Å². The summed E-state index contributed by atoms with van der Waals surface area (Å²) in [5.74, 6) is -0.663. The molecule has 0 aromatic carbocycles. The highest BCUT2D eigenvalue weighted by Gasteiger charge is 2.44. The van der Waals surface area contributed by atoms with Gasteiger partial charge in [-0.2, -0.15) is 11.8 Å². The summed E-state index contributed by atoms with van der Waals surface area (Å²) in [5, 5.41) is 11.4. The summed E-state index contributed by atoms with van der Waals surface area (Å²) >= 11 is 7.45. The summed E-state index contributed by atoms with van der Waals surface area (Å²) in [4.78, 5) is 64.1. The summed E-state index contributed by atoms with van der Waals surface area (Å²) in [6.45, 7) is 3.95. The van der Waals surface area contributed by atoms with Crippen molar-refractivity contribution >= 4 is 53.1 Å². The molecule has 1 saturated heterocycles. The molecule has 0 radical (unpaired) electrons. The van der Waals surface area contributed by atoms with Crippen molar-refractivity contribution in [1.29, 1.82) is 0 Å². The number of ether oxygens (including phenoxy) is 1. The number of carboxylic acids is 1. The molecule has 2 aromatic rings. The Morgan fingerprint density at radius 1 is 1.18 bits per heavy atom. The van der Waals surface area contributed by atoms with E-state index in [-0.39, 0.29) is 11.6 Å². The van der Waals surface area contributed by atoms with E-state index in [1.54, 1.807) is 28.8 Å². The fraction of sp³-hybridized carbons (Fsp3) is 0.458. The van der Waals surface area contributed by atoms with Gasteiger partial charge in [0, 0.05) is 51.7 Å². The molecule has 2 N–H and O–H groups in total. The van der Waals surface area contributed by atoms with Crippen molar-refractivity contribution in [2.75, 3.05) is 50.1 Å². The highest BCUT2D eigenvalue weighted by Crippen LogP contribution is 2.35. The Bertz CT molecular complexity index is 1180. The monoisotopic (exact) mass is 579 g/mol. The first-order valence-electron chi connectivity index (χ1n) is 12.0. The number of hydrogen-bond donors (Lipinski definition) is 2. The molecule has 13 nitrogen and oxygen atoms in total. The number of rotatable bonds is 7. The van der Waals surface area contributed by atoms with Crippen molar-refractivity contribution in [3.05, 3.63) is 47.1 Å². The number of carbonyl (C=O) groups is 4.